The van der Waals surface area contributed by atoms with Crippen molar-refractivity contribution in [3.63, 3.8) is 0 Å². The smallest absolute Gasteiger partial charge is 0.255 e. The molecule has 1 aliphatic rings. The number of hydrogen-bond donors (Lipinski definition) is 2. The van der Waals surface area contributed by atoms with E-state index < -0.39 is 0 Å². The fourth-order valence-electron chi connectivity index (χ4n) is 3.60. The Morgan fingerprint density at radius 2 is 1.52 bits per heavy atom. The molecule has 1 aromatic heterocycles. The number of nitrogens with zero attached hydrogens (tertiary/aromatic N) is 2. The first-order chi connectivity index (χ1) is 15.1. The van der Waals surface area contributed by atoms with Gasteiger partial charge in [-0.05, 0) is 73.5 Å². The van der Waals surface area contributed by atoms with E-state index in [0.29, 0.717) is 16.9 Å². The van der Waals surface area contributed by atoms with Crippen LogP contribution in [-0.4, -0.2) is 21.4 Å². The molecule has 0 spiro atoms. The summed E-state index contributed by atoms with van der Waals surface area (Å²) in [6.07, 6.45) is 1.92. The van der Waals surface area contributed by atoms with Gasteiger partial charge in [0.15, 0.2) is 0 Å². The molecule has 31 heavy (non-hydrogen) atoms. The molecule has 6 heteroatoms. The van der Waals surface area contributed by atoms with E-state index >= 15 is 0 Å². The number of fused-ring (bicyclic) bond motifs is 1. The van der Waals surface area contributed by atoms with Crippen molar-refractivity contribution < 1.29 is 9.59 Å². The number of hydrogen-bond acceptors (Lipinski definition) is 3. The first kappa shape index (κ1) is 19.1. The number of para-hydroxylation sites is 2. The van der Waals surface area contributed by atoms with E-state index in [9.17, 15) is 9.59 Å². The van der Waals surface area contributed by atoms with Crippen LogP contribution in [0.15, 0.2) is 72.8 Å². The quantitative estimate of drug-likeness (QED) is 0.494. The Morgan fingerprint density at radius 1 is 0.871 bits per heavy atom. The average molecular weight is 410 g/mol. The standard InChI is InChI=1S/C25H22N4O2/c1-29-22-5-3-2-4-21(22)28-23(29)16-8-12-19(13-9-16)26-25(31)18-10-14-20(15-11-18)27-24(30)17-6-7-17/h2-5,8-15,17H,6-7H2,1H3,(H,26,31)(H,27,30). The lowest BCUT2D eigenvalue weighted by Crippen LogP contribution is -2.14. The molecule has 154 valence electrons. The minimum atomic E-state index is -0.199. The number of imidazole rings is 1. The molecule has 4 aromatic rings. The minimum Gasteiger partial charge on any atom is -0.327 e. The summed E-state index contributed by atoms with van der Waals surface area (Å²) in [5.74, 6) is 0.881. The summed E-state index contributed by atoms with van der Waals surface area (Å²) in [6, 6.07) is 22.6. The molecule has 0 saturated heterocycles. The van der Waals surface area contributed by atoms with E-state index in [2.05, 4.69) is 15.2 Å². The Morgan fingerprint density at radius 3 is 2.19 bits per heavy atom. The van der Waals surface area contributed by atoms with Crippen LogP contribution in [0.25, 0.3) is 22.4 Å². The summed E-state index contributed by atoms with van der Waals surface area (Å²) in [6.45, 7) is 0. The monoisotopic (exact) mass is 410 g/mol. The summed E-state index contributed by atoms with van der Waals surface area (Å²) in [7, 11) is 2.00. The third kappa shape index (κ3) is 3.92. The van der Waals surface area contributed by atoms with Crippen molar-refractivity contribution in [2.45, 2.75) is 12.8 Å². The lowest BCUT2D eigenvalue weighted by Gasteiger charge is -2.08. The number of aromatic nitrogens is 2. The van der Waals surface area contributed by atoms with Crippen LogP contribution in [0.4, 0.5) is 11.4 Å². The maximum absolute atomic E-state index is 12.6. The van der Waals surface area contributed by atoms with Crippen LogP contribution in [0.1, 0.15) is 23.2 Å². The van der Waals surface area contributed by atoms with E-state index in [-0.39, 0.29) is 17.7 Å². The predicted octanol–water partition coefficient (Wildman–Crippen LogP) is 4.84. The molecule has 0 unspecified atom stereocenters. The minimum absolute atomic E-state index is 0.0536. The molecule has 0 aliphatic heterocycles. The highest BCUT2D eigenvalue weighted by Crippen LogP contribution is 2.30. The summed E-state index contributed by atoms with van der Waals surface area (Å²) in [5, 5.41) is 5.79. The van der Waals surface area contributed by atoms with Gasteiger partial charge < -0.3 is 15.2 Å². The van der Waals surface area contributed by atoms with Crippen LogP contribution >= 0.6 is 0 Å². The summed E-state index contributed by atoms with van der Waals surface area (Å²) >= 11 is 0. The van der Waals surface area contributed by atoms with Crippen molar-refractivity contribution in [1.82, 2.24) is 9.55 Å². The number of benzene rings is 3. The Kier molecular flexibility index (Phi) is 4.75. The van der Waals surface area contributed by atoms with Crippen LogP contribution < -0.4 is 10.6 Å². The lowest BCUT2D eigenvalue weighted by molar-refractivity contribution is -0.117. The molecule has 1 fully saturated rings. The van der Waals surface area contributed by atoms with Crippen molar-refractivity contribution in [1.29, 1.82) is 0 Å². The van der Waals surface area contributed by atoms with Crippen LogP contribution in [0.5, 0.6) is 0 Å². The first-order valence-corrected chi connectivity index (χ1v) is 10.3. The van der Waals surface area contributed by atoms with Gasteiger partial charge >= 0.3 is 0 Å². The van der Waals surface area contributed by atoms with Crippen molar-refractivity contribution in [3.05, 3.63) is 78.4 Å². The third-order valence-electron chi connectivity index (χ3n) is 5.55. The van der Waals surface area contributed by atoms with Gasteiger partial charge in [-0.1, -0.05) is 12.1 Å². The van der Waals surface area contributed by atoms with Crippen LogP contribution in [0.3, 0.4) is 0 Å². The van der Waals surface area contributed by atoms with Gasteiger partial charge in [0.05, 0.1) is 11.0 Å². The van der Waals surface area contributed by atoms with Crippen molar-refractivity contribution in [3.8, 4) is 11.4 Å². The molecule has 6 nitrogen and oxygen atoms in total. The maximum Gasteiger partial charge on any atom is 0.255 e. The number of carbonyl (C=O) groups excluding carboxylic acids is 2. The molecule has 2 N–H and O–H groups in total. The zero-order valence-corrected chi connectivity index (χ0v) is 17.1. The van der Waals surface area contributed by atoms with E-state index in [0.717, 1.165) is 35.3 Å². The maximum atomic E-state index is 12.6. The number of rotatable bonds is 5. The number of aryl methyl sites for hydroxylation is 1. The fraction of sp³-hybridized carbons (Fsp3) is 0.160. The van der Waals surface area contributed by atoms with Gasteiger partial charge in [-0.15, -0.1) is 0 Å². The zero-order chi connectivity index (χ0) is 21.4. The van der Waals surface area contributed by atoms with Gasteiger partial charge in [0.25, 0.3) is 5.91 Å². The Hall–Kier alpha value is -3.93. The average Bonchev–Trinajstić information content (AvgIpc) is 3.59. The molecule has 1 heterocycles. The summed E-state index contributed by atoms with van der Waals surface area (Å²) in [4.78, 5) is 29.1. The van der Waals surface area contributed by atoms with Crippen LogP contribution in [-0.2, 0) is 11.8 Å². The Labute approximate surface area is 179 Å². The molecule has 0 bridgehead atoms. The molecule has 3 aromatic carbocycles. The normalized spacial score (nSPS) is 13.2. The number of carbonyl (C=O) groups is 2. The highest BCUT2D eigenvalue weighted by Gasteiger charge is 2.29. The fourth-order valence-corrected chi connectivity index (χ4v) is 3.60. The second-order valence-electron chi connectivity index (χ2n) is 7.86. The predicted molar refractivity (Wildman–Crippen MR) is 122 cm³/mol. The molecule has 0 atom stereocenters. The third-order valence-corrected chi connectivity index (χ3v) is 5.55. The highest BCUT2D eigenvalue weighted by atomic mass is 16.2. The molecular formula is C25H22N4O2. The lowest BCUT2D eigenvalue weighted by atomic mass is 10.1. The molecule has 2 amide bonds. The second kappa shape index (κ2) is 7.72. The van der Waals surface area contributed by atoms with E-state index in [1.165, 1.54) is 0 Å². The van der Waals surface area contributed by atoms with E-state index in [1.807, 2.05) is 55.6 Å². The van der Waals surface area contributed by atoms with Gasteiger partial charge in [0, 0.05) is 35.5 Å². The van der Waals surface area contributed by atoms with E-state index in [4.69, 9.17) is 4.98 Å². The van der Waals surface area contributed by atoms with Gasteiger partial charge in [-0.25, -0.2) is 4.98 Å². The zero-order valence-electron chi connectivity index (χ0n) is 17.1. The van der Waals surface area contributed by atoms with Gasteiger partial charge in [0.2, 0.25) is 5.91 Å². The number of anilines is 2. The SMILES string of the molecule is Cn1c(-c2ccc(NC(=O)c3ccc(NC(=O)C4CC4)cc3)cc2)nc2ccccc21. The van der Waals surface area contributed by atoms with Gasteiger partial charge in [-0.2, -0.15) is 0 Å². The van der Waals surface area contributed by atoms with Gasteiger partial charge in [-0.3, -0.25) is 9.59 Å². The van der Waals surface area contributed by atoms with Crippen LogP contribution in [0, 0.1) is 5.92 Å². The van der Waals surface area contributed by atoms with Crippen LogP contribution in [0.2, 0.25) is 0 Å². The molecule has 1 aliphatic carbocycles. The topological polar surface area (TPSA) is 76.0 Å². The van der Waals surface area contributed by atoms with Crippen molar-refractivity contribution in [2.24, 2.45) is 13.0 Å². The Balaban J connectivity index is 1.27. The molecular weight excluding hydrogens is 388 g/mol. The molecule has 0 radical (unpaired) electrons. The summed E-state index contributed by atoms with van der Waals surface area (Å²) in [5.41, 5.74) is 4.95. The van der Waals surface area contributed by atoms with Crippen molar-refractivity contribution in [2.75, 3.05) is 10.6 Å². The van der Waals surface area contributed by atoms with Crippen molar-refractivity contribution >= 4 is 34.2 Å². The van der Waals surface area contributed by atoms with E-state index in [1.54, 1.807) is 24.3 Å². The second-order valence-corrected chi connectivity index (χ2v) is 7.86. The first-order valence-electron chi connectivity index (χ1n) is 10.3. The Bertz CT molecular complexity index is 1270. The molecule has 5 rings (SSSR count). The summed E-state index contributed by atoms with van der Waals surface area (Å²) < 4.78 is 2.06. The highest BCUT2D eigenvalue weighted by molar-refractivity contribution is 6.04. The molecule has 1 saturated carbocycles. The largest absolute Gasteiger partial charge is 0.327 e. The number of nitrogens with one attached hydrogen (secondary N) is 2. The number of amides is 2. The van der Waals surface area contributed by atoms with Gasteiger partial charge in [0.1, 0.15) is 5.82 Å².